The van der Waals surface area contributed by atoms with Crippen LogP contribution in [0.3, 0.4) is 0 Å². The fourth-order valence-corrected chi connectivity index (χ4v) is 5.65. The minimum atomic E-state index is -3.95. The smallest absolute Gasteiger partial charge is 0.396 e. The first-order valence-corrected chi connectivity index (χ1v) is 14.8. The SMILES string of the molecule is O=S1(=O)OCC2(CO1)COS(=O)(=O)OC2.O=S1OCC2(CO1)COS(=O)OC2.OCC(CO)(CO)CO. The molecule has 4 aliphatic rings. The Balaban J connectivity index is 0.000000202. The van der Waals surface area contributed by atoms with Crippen LogP contribution in [0.2, 0.25) is 0 Å². The highest BCUT2D eigenvalue weighted by Gasteiger charge is 2.45. The minimum Gasteiger partial charge on any atom is -0.396 e. The first-order chi connectivity index (χ1) is 17.3. The Morgan fingerprint density at radius 2 is 0.784 bits per heavy atom. The molecule has 4 saturated heterocycles. The van der Waals surface area contributed by atoms with E-state index in [2.05, 4.69) is 16.7 Å². The van der Waals surface area contributed by atoms with Crippen molar-refractivity contribution >= 4 is 43.5 Å². The zero-order valence-corrected chi connectivity index (χ0v) is 22.4. The van der Waals surface area contributed by atoms with Gasteiger partial charge in [-0.1, -0.05) is 0 Å². The Morgan fingerprint density at radius 1 is 0.541 bits per heavy atom. The molecule has 220 valence electrons. The van der Waals surface area contributed by atoms with Gasteiger partial charge in [-0.05, 0) is 0 Å². The van der Waals surface area contributed by atoms with Gasteiger partial charge in [0, 0.05) is 0 Å². The van der Waals surface area contributed by atoms with E-state index in [1.807, 2.05) is 0 Å². The maximum Gasteiger partial charge on any atom is 0.399 e. The molecule has 4 aliphatic heterocycles. The quantitative estimate of drug-likeness (QED) is 0.231. The van der Waals surface area contributed by atoms with Crippen LogP contribution >= 0.6 is 0 Å². The molecular weight excluding hydrogens is 596 g/mol. The van der Waals surface area contributed by atoms with Gasteiger partial charge in [0.15, 0.2) is 0 Å². The van der Waals surface area contributed by atoms with Crippen LogP contribution in [0.15, 0.2) is 0 Å². The molecule has 0 aliphatic carbocycles. The fraction of sp³-hybridized carbons (Fsp3) is 1.00. The number of aliphatic hydroxyl groups is 4. The summed E-state index contributed by atoms with van der Waals surface area (Å²) >= 11 is -3.33. The van der Waals surface area contributed by atoms with Gasteiger partial charge in [0.2, 0.25) is 0 Å². The highest BCUT2D eigenvalue weighted by molar-refractivity contribution is 7.82. The van der Waals surface area contributed by atoms with Crippen molar-refractivity contribution in [2.75, 3.05) is 79.3 Å². The van der Waals surface area contributed by atoms with E-state index in [1.54, 1.807) is 0 Å². The first-order valence-electron chi connectivity index (χ1n) is 10.2. The molecule has 0 bridgehead atoms. The Bertz CT molecular complexity index is 850. The summed E-state index contributed by atoms with van der Waals surface area (Å²) in [6, 6.07) is 0. The molecular formula is C15H28O18S4. The van der Waals surface area contributed by atoms with Gasteiger partial charge in [0.05, 0.1) is 95.5 Å². The molecule has 4 N–H and O–H groups in total. The van der Waals surface area contributed by atoms with E-state index >= 15 is 0 Å². The van der Waals surface area contributed by atoms with Crippen molar-refractivity contribution < 1.29 is 79.1 Å². The molecule has 4 rings (SSSR count). The predicted octanol–water partition coefficient (Wildman–Crippen LogP) is -4.28. The first kappa shape index (κ1) is 32.9. The lowest BCUT2D eigenvalue weighted by Gasteiger charge is -2.36. The molecule has 0 unspecified atom stereocenters. The van der Waals surface area contributed by atoms with Gasteiger partial charge < -0.3 is 20.4 Å². The fourth-order valence-electron chi connectivity index (χ4n) is 2.42. The molecule has 2 spiro atoms. The molecule has 0 aromatic heterocycles. The standard InChI is InChI=1S/C5H8O8S2.C5H8O6S2.C5H12O4/c6-14(7)10-1-5(2-11-14)3-12-15(8,9)13-4-5;6-12-8-1-5(2-9-12)3-10-13(7)11-4-5;6-1-5(2-7,3-8)4-9/h1-4H2;1-4H2;6-9H,1-4H2. The number of rotatable bonds is 4. The third kappa shape index (κ3) is 10.0. The Hall–Kier alpha value is -0.280. The van der Waals surface area contributed by atoms with Gasteiger partial charge >= 0.3 is 43.5 Å². The highest BCUT2D eigenvalue weighted by Crippen LogP contribution is 2.31. The monoisotopic (exact) mass is 624 g/mol. The summed E-state index contributed by atoms with van der Waals surface area (Å²) in [4.78, 5) is 0. The third-order valence-electron chi connectivity index (χ3n) is 5.22. The maximum atomic E-state index is 10.8. The number of hydrogen-bond acceptors (Lipinski definition) is 18. The van der Waals surface area contributed by atoms with Gasteiger partial charge in [-0.25, -0.2) is 16.7 Å². The summed E-state index contributed by atoms with van der Waals surface area (Å²) in [6.07, 6.45) is 0. The largest absolute Gasteiger partial charge is 0.399 e. The molecule has 37 heavy (non-hydrogen) atoms. The number of hydrogen-bond donors (Lipinski definition) is 4. The van der Waals surface area contributed by atoms with Crippen LogP contribution in [0, 0.1) is 16.2 Å². The van der Waals surface area contributed by atoms with E-state index in [-0.39, 0.29) is 52.9 Å². The van der Waals surface area contributed by atoms with Crippen molar-refractivity contribution in [3.8, 4) is 0 Å². The van der Waals surface area contributed by atoms with Crippen LogP contribution in [-0.4, -0.2) is 125 Å². The molecule has 4 heterocycles. The molecule has 0 aromatic rings. The summed E-state index contributed by atoms with van der Waals surface area (Å²) in [5, 5.41) is 34.0. The summed E-state index contributed by atoms with van der Waals surface area (Å²) in [5.74, 6) is 0. The average molecular weight is 625 g/mol. The van der Waals surface area contributed by atoms with Gasteiger partial charge in [-0.3, -0.25) is 16.7 Å². The van der Waals surface area contributed by atoms with Crippen LogP contribution < -0.4 is 0 Å². The van der Waals surface area contributed by atoms with Crippen molar-refractivity contribution in [2.45, 2.75) is 0 Å². The Kier molecular flexibility index (Phi) is 12.3. The van der Waals surface area contributed by atoms with E-state index in [9.17, 15) is 25.3 Å². The van der Waals surface area contributed by atoms with Gasteiger partial charge in [0.25, 0.3) is 0 Å². The van der Waals surface area contributed by atoms with E-state index in [0.29, 0.717) is 0 Å². The lowest BCUT2D eigenvalue weighted by atomic mass is 9.93. The number of aliphatic hydroxyl groups excluding tert-OH is 4. The van der Waals surface area contributed by atoms with E-state index < -0.39 is 86.2 Å². The van der Waals surface area contributed by atoms with Gasteiger partial charge in [-0.15, -0.1) is 0 Å². The van der Waals surface area contributed by atoms with Crippen LogP contribution in [0.25, 0.3) is 0 Å². The normalized spacial score (nSPS) is 32.4. The van der Waals surface area contributed by atoms with Crippen LogP contribution in [-0.2, 0) is 77.0 Å². The van der Waals surface area contributed by atoms with Crippen LogP contribution in [0.1, 0.15) is 0 Å². The minimum absolute atomic E-state index is 0.217. The molecule has 0 radical (unpaired) electrons. The lowest BCUT2D eigenvalue weighted by molar-refractivity contribution is -0.0598. The van der Waals surface area contributed by atoms with Crippen LogP contribution in [0.4, 0.5) is 0 Å². The zero-order chi connectivity index (χ0) is 27.8. The summed E-state index contributed by atoms with van der Waals surface area (Å²) in [7, 11) is -7.89. The predicted molar refractivity (Wildman–Crippen MR) is 117 cm³/mol. The molecule has 0 amide bonds. The summed E-state index contributed by atoms with van der Waals surface area (Å²) in [5.41, 5.74) is -2.45. The van der Waals surface area contributed by atoms with Gasteiger partial charge in [0.1, 0.15) is 0 Å². The molecule has 0 saturated carbocycles. The highest BCUT2D eigenvalue weighted by atomic mass is 32.3. The second kappa shape index (κ2) is 13.9. The van der Waals surface area contributed by atoms with Crippen molar-refractivity contribution in [1.82, 2.24) is 0 Å². The van der Waals surface area contributed by atoms with E-state index in [0.717, 1.165) is 0 Å². The van der Waals surface area contributed by atoms with E-state index in [4.69, 9.17) is 37.2 Å². The molecule has 4 fully saturated rings. The molecule has 18 nitrogen and oxygen atoms in total. The van der Waals surface area contributed by atoms with Gasteiger partial charge in [-0.2, -0.15) is 25.3 Å². The lowest BCUT2D eigenvalue weighted by Crippen LogP contribution is -2.50. The third-order valence-corrected chi connectivity index (χ3v) is 8.09. The van der Waals surface area contributed by atoms with Crippen LogP contribution in [0.5, 0.6) is 0 Å². The van der Waals surface area contributed by atoms with Crippen molar-refractivity contribution in [2.24, 2.45) is 16.2 Å². The summed E-state index contributed by atoms with van der Waals surface area (Å²) < 4.78 is 101. The Morgan fingerprint density at radius 3 is 1.00 bits per heavy atom. The molecule has 0 atom stereocenters. The van der Waals surface area contributed by atoms with Crippen molar-refractivity contribution in [1.29, 1.82) is 0 Å². The summed E-state index contributed by atoms with van der Waals surface area (Å²) in [6.45, 7) is -1.56. The Labute approximate surface area is 218 Å². The molecule has 0 aromatic carbocycles. The zero-order valence-electron chi connectivity index (χ0n) is 19.1. The average Bonchev–Trinajstić information content (AvgIpc) is 2.89. The topological polar surface area (TPSA) is 257 Å². The van der Waals surface area contributed by atoms with Crippen molar-refractivity contribution in [3.63, 3.8) is 0 Å². The second-order valence-corrected chi connectivity index (χ2v) is 12.8. The molecule has 22 heteroatoms. The second-order valence-electron chi connectivity index (χ2n) is 8.45. The van der Waals surface area contributed by atoms with Crippen molar-refractivity contribution in [3.05, 3.63) is 0 Å². The van der Waals surface area contributed by atoms with E-state index in [1.165, 1.54) is 0 Å². The maximum absolute atomic E-state index is 10.8.